The van der Waals surface area contributed by atoms with Crippen LogP contribution in [0.4, 0.5) is 22.0 Å². The number of ether oxygens (including phenoxy) is 1. The number of aryl methyl sites for hydroxylation is 1. The van der Waals surface area contributed by atoms with Crippen LogP contribution in [0.2, 0.25) is 0 Å². The van der Waals surface area contributed by atoms with Gasteiger partial charge in [-0.15, -0.1) is 13.2 Å². The number of hydrogen-bond donors (Lipinski definition) is 0. The Morgan fingerprint density at radius 3 is 2.07 bits per heavy atom. The smallest absolute Gasteiger partial charge is 0.406 e. The van der Waals surface area contributed by atoms with E-state index in [1.165, 1.54) is 23.7 Å². The van der Waals surface area contributed by atoms with Gasteiger partial charge in [-0.05, 0) is 35.4 Å². The first-order chi connectivity index (χ1) is 12.4. The Labute approximate surface area is 150 Å². The van der Waals surface area contributed by atoms with E-state index in [0.717, 1.165) is 23.6 Å². The molecule has 0 spiro atoms. The van der Waals surface area contributed by atoms with Crippen molar-refractivity contribution in [3.63, 3.8) is 0 Å². The number of alkyl halides is 5. The number of benzene rings is 2. The molecule has 0 radical (unpaired) electrons. The summed E-state index contributed by atoms with van der Waals surface area (Å²) in [7, 11) is 1.48. The molecular weight excluding hydrogens is 371 g/mol. The number of halogens is 5. The molecule has 0 N–H and O–H groups in total. The second kappa shape index (κ2) is 6.40. The largest absolute Gasteiger partial charge is 0.573 e. The van der Waals surface area contributed by atoms with Crippen molar-refractivity contribution in [1.29, 1.82) is 0 Å². The van der Waals surface area contributed by atoms with Crippen molar-refractivity contribution in [2.24, 2.45) is 7.05 Å². The quantitative estimate of drug-likeness (QED) is 0.617. The van der Waals surface area contributed by atoms with Crippen LogP contribution in [0.25, 0.3) is 22.2 Å². The fourth-order valence-electron chi connectivity index (χ4n) is 2.87. The van der Waals surface area contributed by atoms with Crippen molar-refractivity contribution < 1.29 is 26.7 Å². The molecule has 0 unspecified atom stereocenters. The summed E-state index contributed by atoms with van der Waals surface area (Å²) in [5, 5.41) is 0. The highest BCUT2D eigenvalue weighted by atomic mass is 19.4. The maximum absolute atomic E-state index is 13.5. The van der Waals surface area contributed by atoms with Crippen LogP contribution in [0.15, 0.2) is 47.3 Å². The van der Waals surface area contributed by atoms with Gasteiger partial charge < -0.3 is 4.74 Å². The van der Waals surface area contributed by atoms with E-state index in [4.69, 9.17) is 0 Å². The fourth-order valence-corrected chi connectivity index (χ4v) is 2.87. The van der Waals surface area contributed by atoms with Gasteiger partial charge >= 0.3 is 12.1 Å². The first-order valence-corrected chi connectivity index (χ1v) is 7.88. The molecule has 0 amide bonds. The number of hydrogen-bond acceptors (Lipinski definition) is 2. The molecule has 9 heteroatoms. The third-order valence-electron chi connectivity index (χ3n) is 4.00. The summed E-state index contributed by atoms with van der Waals surface area (Å²) in [4.78, 5) is 12.3. The Morgan fingerprint density at radius 2 is 1.52 bits per heavy atom. The highest BCUT2D eigenvalue weighted by Crippen LogP contribution is 2.29. The molecule has 0 saturated carbocycles. The maximum Gasteiger partial charge on any atom is 0.573 e. The summed E-state index contributed by atoms with van der Waals surface area (Å²) in [5.41, 5.74) is 1.34. The number of aromatic nitrogens is 2. The van der Waals surface area contributed by atoms with E-state index in [1.807, 2.05) is 0 Å². The van der Waals surface area contributed by atoms with Crippen LogP contribution >= 0.6 is 0 Å². The lowest BCUT2D eigenvalue weighted by molar-refractivity contribution is -0.274. The SMILES string of the molecule is Cn1c(=O)n(CC(C)(F)F)c2cc(-c3ccc(OC(F)(F)F)cc3)ccc21. The third kappa shape index (κ3) is 4.12. The number of fused-ring (bicyclic) bond motifs is 1. The Balaban J connectivity index is 2.03. The molecule has 144 valence electrons. The molecule has 0 atom stereocenters. The highest BCUT2D eigenvalue weighted by Gasteiger charge is 2.31. The Bertz CT molecular complexity index is 1030. The van der Waals surface area contributed by atoms with Crippen molar-refractivity contribution in [2.75, 3.05) is 0 Å². The molecule has 1 heterocycles. The fraction of sp³-hybridized carbons (Fsp3) is 0.278. The average molecular weight is 386 g/mol. The van der Waals surface area contributed by atoms with Crippen LogP contribution < -0.4 is 10.4 Å². The molecule has 0 aliphatic carbocycles. The average Bonchev–Trinajstić information content (AvgIpc) is 2.77. The van der Waals surface area contributed by atoms with Gasteiger partial charge in [-0.1, -0.05) is 18.2 Å². The molecule has 3 rings (SSSR count). The van der Waals surface area contributed by atoms with E-state index in [1.54, 1.807) is 18.2 Å². The van der Waals surface area contributed by atoms with Gasteiger partial charge in [0.1, 0.15) is 5.75 Å². The van der Waals surface area contributed by atoms with Gasteiger partial charge in [0.05, 0.1) is 17.6 Å². The maximum atomic E-state index is 13.5. The van der Waals surface area contributed by atoms with E-state index in [2.05, 4.69) is 4.74 Å². The monoisotopic (exact) mass is 386 g/mol. The lowest BCUT2D eigenvalue weighted by Gasteiger charge is -2.12. The third-order valence-corrected chi connectivity index (χ3v) is 4.00. The minimum atomic E-state index is -4.79. The molecule has 3 aromatic rings. The lowest BCUT2D eigenvalue weighted by atomic mass is 10.0. The van der Waals surface area contributed by atoms with E-state index < -0.39 is 24.5 Å². The van der Waals surface area contributed by atoms with Crippen molar-refractivity contribution in [3.05, 3.63) is 52.9 Å². The summed E-state index contributed by atoms with van der Waals surface area (Å²) in [6.07, 6.45) is -4.79. The summed E-state index contributed by atoms with van der Waals surface area (Å²) in [6, 6.07) is 9.98. The van der Waals surface area contributed by atoms with Gasteiger partial charge in [0.15, 0.2) is 0 Å². The van der Waals surface area contributed by atoms with Crippen LogP contribution in [0, 0.1) is 0 Å². The molecule has 2 aromatic carbocycles. The van der Waals surface area contributed by atoms with Crippen LogP contribution in [-0.4, -0.2) is 21.4 Å². The van der Waals surface area contributed by atoms with E-state index in [9.17, 15) is 26.7 Å². The van der Waals surface area contributed by atoms with Gasteiger partial charge in [0, 0.05) is 14.0 Å². The van der Waals surface area contributed by atoms with Gasteiger partial charge in [-0.3, -0.25) is 9.13 Å². The van der Waals surface area contributed by atoms with Gasteiger partial charge in [0.25, 0.3) is 5.92 Å². The molecule has 27 heavy (non-hydrogen) atoms. The minimum Gasteiger partial charge on any atom is -0.406 e. The predicted molar refractivity (Wildman–Crippen MR) is 89.9 cm³/mol. The first-order valence-electron chi connectivity index (χ1n) is 7.88. The predicted octanol–water partition coefficient (Wildman–Crippen LogP) is 4.56. The summed E-state index contributed by atoms with van der Waals surface area (Å²) in [6.45, 7) is -0.0491. The molecule has 1 aromatic heterocycles. The number of imidazole rings is 1. The van der Waals surface area contributed by atoms with Gasteiger partial charge in [-0.2, -0.15) is 0 Å². The molecule has 0 aliphatic rings. The molecule has 0 saturated heterocycles. The standard InChI is InChI=1S/C18H15F5N2O2/c1-17(19,20)10-25-15-9-12(5-8-14(15)24(2)16(25)26)11-3-6-13(7-4-11)27-18(21,22)23/h3-9H,10H2,1-2H3. The van der Waals surface area contributed by atoms with Crippen LogP contribution in [0.5, 0.6) is 5.75 Å². The van der Waals surface area contributed by atoms with Crippen LogP contribution in [-0.2, 0) is 13.6 Å². The number of nitrogens with zero attached hydrogens (tertiary/aromatic N) is 2. The zero-order valence-electron chi connectivity index (χ0n) is 14.3. The molecule has 4 nitrogen and oxygen atoms in total. The molecule has 0 aliphatic heterocycles. The van der Waals surface area contributed by atoms with Gasteiger partial charge in [0.2, 0.25) is 0 Å². The normalized spacial score (nSPS) is 12.6. The Hall–Kier alpha value is -2.84. The highest BCUT2D eigenvalue weighted by molar-refractivity contribution is 5.82. The van der Waals surface area contributed by atoms with E-state index in [-0.39, 0.29) is 5.75 Å². The molecular formula is C18H15F5N2O2. The van der Waals surface area contributed by atoms with Crippen molar-refractivity contribution in [1.82, 2.24) is 9.13 Å². The second-order valence-electron chi connectivity index (χ2n) is 6.27. The second-order valence-corrected chi connectivity index (χ2v) is 6.27. The first kappa shape index (κ1) is 18.9. The van der Waals surface area contributed by atoms with Crippen molar-refractivity contribution in [3.8, 4) is 16.9 Å². The van der Waals surface area contributed by atoms with Crippen LogP contribution in [0.3, 0.4) is 0 Å². The van der Waals surface area contributed by atoms with Gasteiger partial charge in [-0.25, -0.2) is 13.6 Å². The van der Waals surface area contributed by atoms with E-state index >= 15 is 0 Å². The van der Waals surface area contributed by atoms with Crippen molar-refractivity contribution >= 4 is 11.0 Å². The molecule has 0 bridgehead atoms. The molecule has 0 fully saturated rings. The summed E-state index contributed by atoms with van der Waals surface area (Å²) in [5.74, 6) is -3.44. The Kier molecular flexibility index (Phi) is 4.49. The topological polar surface area (TPSA) is 36.2 Å². The van der Waals surface area contributed by atoms with E-state index in [0.29, 0.717) is 22.2 Å². The summed E-state index contributed by atoms with van der Waals surface area (Å²) < 4.78 is 69.7. The minimum absolute atomic E-state index is 0.317. The van der Waals surface area contributed by atoms with Crippen molar-refractivity contribution in [2.45, 2.75) is 25.8 Å². The lowest BCUT2D eigenvalue weighted by Crippen LogP contribution is -2.29. The number of rotatable bonds is 4. The zero-order chi connectivity index (χ0) is 20.0. The summed E-state index contributed by atoms with van der Waals surface area (Å²) >= 11 is 0. The Morgan fingerprint density at radius 1 is 0.926 bits per heavy atom. The van der Waals surface area contributed by atoms with Crippen LogP contribution in [0.1, 0.15) is 6.92 Å². The zero-order valence-corrected chi connectivity index (χ0v) is 14.3.